The van der Waals surface area contributed by atoms with Gasteiger partial charge in [0.05, 0.1) is 23.6 Å². The zero-order valence-electron chi connectivity index (χ0n) is 17.6. The third-order valence-electron chi connectivity index (χ3n) is 5.95. The molecule has 0 spiro atoms. The number of rotatable bonds is 5. The van der Waals surface area contributed by atoms with E-state index in [9.17, 15) is 9.59 Å². The average Bonchev–Trinajstić information content (AvgIpc) is 3.50. The second kappa shape index (κ2) is 8.67. The van der Waals surface area contributed by atoms with Gasteiger partial charge in [0, 0.05) is 12.1 Å². The van der Waals surface area contributed by atoms with E-state index in [-0.39, 0.29) is 24.4 Å². The van der Waals surface area contributed by atoms with Crippen LogP contribution in [0.2, 0.25) is 0 Å². The lowest BCUT2D eigenvalue weighted by Gasteiger charge is -2.23. The van der Waals surface area contributed by atoms with E-state index < -0.39 is 0 Å². The van der Waals surface area contributed by atoms with E-state index in [1.54, 1.807) is 12.1 Å². The lowest BCUT2D eigenvalue weighted by Crippen LogP contribution is -2.40. The van der Waals surface area contributed by atoms with Gasteiger partial charge in [-0.05, 0) is 48.2 Å². The molecule has 4 aromatic rings. The summed E-state index contributed by atoms with van der Waals surface area (Å²) in [6, 6.07) is 25.2. The zero-order chi connectivity index (χ0) is 21.9. The maximum atomic E-state index is 12.9. The molecule has 160 valence electrons. The molecule has 0 radical (unpaired) electrons. The first-order valence-electron chi connectivity index (χ1n) is 10.9. The summed E-state index contributed by atoms with van der Waals surface area (Å²) in [7, 11) is 0. The summed E-state index contributed by atoms with van der Waals surface area (Å²) in [4.78, 5) is 35.3. The molecule has 1 fully saturated rings. The number of H-pyrrole nitrogens is 1. The van der Waals surface area contributed by atoms with Crippen molar-refractivity contribution in [1.29, 1.82) is 0 Å². The Morgan fingerprint density at radius 2 is 1.66 bits per heavy atom. The molecule has 2 N–H and O–H groups in total. The van der Waals surface area contributed by atoms with Crippen molar-refractivity contribution < 1.29 is 9.59 Å². The molecule has 1 aliphatic heterocycles. The Balaban J connectivity index is 1.22. The third kappa shape index (κ3) is 3.99. The molecule has 0 saturated carbocycles. The van der Waals surface area contributed by atoms with Crippen LogP contribution in [0.4, 0.5) is 0 Å². The quantitative estimate of drug-likeness (QED) is 0.501. The van der Waals surface area contributed by atoms with E-state index in [1.165, 1.54) is 0 Å². The molecule has 32 heavy (non-hydrogen) atoms. The summed E-state index contributed by atoms with van der Waals surface area (Å²) in [5.74, 6) is 0.458. The van der Waals surface area contributed by atoms with Gasteiger partial charge in [0.15, 0.2) is 0 Å². The topological polar surface area (TPSA) is 78.1 Å². The minimum Gasteiger partial charge on any atom is -0.343 e. The number of carbonyl (C=O) groups excluding carboxylic acids is 2. The largest absolute Gasteiger partial charge is 0.343 e. The number of benzene rings is 3. The van der Waals surface area contributed by atoms with Gasteiger partial charge in [-0.2, -0.15) is 0 Å². The maximum absolute atomic E-state index is 12.9. The van der Waals surface area contributed by atoms with Gasteiger partial charge in [-0.15, -0.1) is 0 Å². The number of nitrogens with one attached hydrogen (secondary N) is 2. The molecule has 2 heterocycles. The van der Waals surface area contributed by atoms with E-state index >= 15 is 0 Å². The maximum Gasteiger partial charge on any atom is 0.251 e. The summed E-state index contributed by atoms with van der Waals surface area (Å²) in [6.45, 7) is 0.637. The number of nitrogens with zero attached hydrogens (tertiary/aromatic N) is 2. The standard InChI is InChI=1S/C26H24N4O2/c31-24(30-16-6-11-23(30)25-28-21-9-4-5-10-22(21)29-25)17-27-26(32)20-14-12-19(13-15-20)18-7-2-1-3-8-18/h1-5,7-10,12-15,23H,6,11,16-17H2,(H,27,32)(H,28,29). The number of hydrogen-bond acceptors (Lipinski definition) is 3. The van der Waals surface area contributed by atoms with Gasteiger partial charge in [0.2, 0.25) is 5.91 Å². The third-order valence-corrected chi connectivity index (χ3v) is 5.95. The summed E-state index contributed by atoms with van der Waals surface area (Å²) in [5.41, 5.74) is 4.54. The van der Waals surface area contributed by atoms with Crippen LogP contribution in [0.5, 0.6) is 0 Å². The van der Waals surface area contributed by atoms with E-state index in [0.717, 1.165) is 40.8 Å². The van der Waals surface area contributed by atoms with Gasteiger partial charge in [0.1, 0.15) is 5.82 Å². The normalized spacial score (nSPS) is 15.8. The van der Waals surface area contributed by atoms with Crippen molar-refractivity contribution in [3.05, 3.63) is 90.3 Å². The Kier molecular flexibility index (Phi) is 5.42. The molecule has 1 atom stereocenters. The van der Waals surface area contributed by atoms with Crippen molar-refractivity contribution in [2.24, 2.45) is 0 Å². The van der Waals surface area contributed by atoms with Crippen molar-refractivity contribution >= 4 is 22.8 Å². The van der Waals surface area contributed by atoms with Crippen molar-refractivity contribution in [3.8, 4) is 11.1 Å². The number of likely N-dealkylation sites (tertiary alicyclic amines) is 1. The highest BCUT2D eigenvalue weighted by Gasteiger charge is 2.32. The van der Waals surface area contributed by atoms with Crippen LogP contribution in [0, 0.1) is 0 Å². The Morgan fingerprint density at radius 3 is 2.44 bits per heavy atom. The summed E-state index contributed by atoms with van der Waals surface area (Å²) in [6.07, 6.45) is 1.78. The van der Waals surface area contributed by atoms with Crippen LogP contribution in [0.15, 0.2) is 78.9 Å². The minimum absolute atomic E-state index is 0.0317. The molecule has 6 nitrogen and oxygen atoms in total. The van der Waals surface area contributed by atoms with Crippen LogP contribution in [-0.4, -0.2) is 39.8 Å². The number of fused-ring (bicyclic) bond motifs is 1. The molecule has 1 saturated heterocycles. The van der Waals surface area contributed by atoms with E-state index in [4.69, 9.17) is 0 Å². The van der Waals surface area contributed by atoms with Crippen molar-refractivity contribution in [2.75, 3.05) is 13.1 Å². The number of amides is 2. The van der Waals surface area contributed by atoms with Gasteiger partial charge >= 0.3 is 0 Å². The molecule has 3 aromatic carbocycles. The molecule has 5 rings (SSSR count). The predicted molar refractivity (Wildman–Crippen MR) is 124 cm³/mol. The first kappa shape index (κ1) is 20.0. The number of hydrogen-bond donors (Lipinski definition) is 2. The fraction of sp³-hybridized carbons (Fsp3) is 0.192. The summed E-state index contributed by atoms with van der Waals surface area (Å²) < 4.78 is 0. The number of aromatic nitrogens is 2. The van der Waals surface area contributed by atoms with Gasteiger partial charge in [-0.3, -0.25) is 9.59 Å². The molecule has 1 aliphatic rings. The monoisotopic (exact) mass is 424 g/mol. The van der Waals surface area contributed by atoms with E-state index in [1.807, 2.05) is 71.6 Å². The number of carbonyl (C=O) groups is 2. The summed E-state index contributed by atoms with van der Waals surface area (Å²) >= 11 is 0. The number of imidazole rings is 1. The van der Waals surface area contributed by atoms with Gasteiger partial charge < -0.3 is 15.2 Å². The second-order valence-electron chi connectivity index (χ2n) is 8.01. The number of aromatic amines is 1. The molecule has 1 aromatic heterocycles. The molecule has 0 aliphatic carbocycles. The molecule has 1 unspecified atom stereocenters. The van der Waals surface area contributed by atoms with Gasteiger partial charge in [-0.1, -0.05) is 54.6 Å². The average molecular weight is 425 g/mol. The highest BCUT2D eigenvalue weighted by Crippen LogP contribution is 2.31. The predicted octanol–water partition coefficient (Wildman–Crippen LogP) is 4.32. The van der Waals surface area contributed by atoms with E-state index in [2.05, 4.69) is 15.3 Å². The molecular formula is C26H24N4O2. The first-order valence-corrected chi connectivity index (χ1v) is 10.9. The van der Waals surface area contributed by atoms with Crippen LogP contribution in [0.3, 0.4) is 0 Å². The SMILES string of the molecule is O=C(NCC(=O)N1CCCC1c1nc2ccccc2[nH]1)c1ccc(-c2ccccc2)cc1. The fourth-order valence-electron chi connectivity index (χ4n) is 4.28. The van der Waals surface area contributed by atoms with Crippen LogP contribution in [-0.2, 0) is 4.79 Å². The fourth-order valence-corrected chi connectivity index (χ4v) is 4.28. The van der Waals surface area contributed by atoms with E-state index in [0.29, 0.717) is 12.1 Å². The lowest BCUT2D eigenvalue weighted by molar-refractivity contribution is -0.131. The van der Waals surface area contributed by atoms with Crippen LogP contribution in [0.25, 0.3) is 22.2 Å². The van der Waals surface area contributed by atoms with Crippen molar-refractivity contribution in [2.45, 2.75) is 18.9 Å². The molecule has 0 bridgehead atoms. The Bertz CT molecular complexity index is 1210. The lowest BCUT2D eigenvalue weighted by atomic mass is 10.0. The van der Waals surface area contributed by atoms with Crippen LogP contribution < -0.4 is 5.32 Å². The second-order valence-corrected chi connectivity index (χ2v) is 8.01. The van der Waals surface area contributed by atoms with Crippen LogP contribution >= 0.6 is 0 Å². The smallest absolute Gasteiger partial charge is 0.251 e. The zero-order valence-corrected chi connectivity index (χ0v) is 17.6. The Hall–Kier alpha value is -3.93. The van der Waals surface area contributed by atoms with Crippen LogP contribution in [0.1, 0.15) is 35.1 Å². The minimum atomic E-state index is -0.252. The Morgan fingerprint density at radius 1 is 0.938 bits per heavy atom. The van der Waals surface area contributed by atoms with Gasteiger partial charge in [-0.25, -0.2) is 4.98 Å². The van der Waals surface area contributed by atoms with Crippen molar-refractivity contribution in [1.82, 2.24) is 20.2 Å². The molecule has 2 amide bonds. The summed E-state index contributed by atoms with van der Waals surface area (Å²) in [5, 5.41) is 2.77. The van der Waals surface area contributed by atoms with Gasteiger partial charge in [0.25, 0.3) is 5.91 Å². The molecular weight excluding hydrogens is 400 g/mol. The first-order chi connectivity index (χ1) is 15.7. The van der Waals surface area contributed by atoms with Crippen molar-refractivity contribution in [3.63, 3.8) is 0 Å². The number of para-hydroxylation sites is 2. The Labute approximate surface area is 186 Å². The molecule has 6 heteroatoms. The highest BCUT2D eigenvalue weighted by atomic mass is 16.2. The highest BCUT2D eigenvalue weighted by molar-refractivity contribution is 5.97.